The third-order valence-electron chi connectivity index (χ3n) is 5.42. The van der Waals surface area contributed by atoms with Crippen LogP contribution in [0.3, 0.4) is 0 Å². The maximum Gasteiger partial charge on any atom is 0.303 e. The lowest BCUT2D eigenvalue weighted by Gasteiger charge is -2.21. The molecule has 0 spiro atoms. The lowest BCUT2D eigenvalue weighted by Crippen LogP contribution is -2.36. The van der Waals surface area contributed by atoms with Crippen LogP contribution in [0.2, 0.25) is 0 Å². The number of aryl methyl sites for hydroxylation is 1. The molecule has 1 aromatic carbocycles. The highest BCUT2D eigenvalue weighted by molar-refractivity contribution is 6.04. The van der Waals surface area contributed by atoms with E-state index in [9.17, 15) is 14.4 Å². The van der Waals surface area contributed by atoms with Crippen molar-refractivity contribution in [2.45, 2.75) is 39.7 Å². The number of ether oxygens (including phenoxy) is 3. The summed E-state index contributed by atoms with van der Waals surface area (Å²) in [5.74, 6) is 0.750. The Morgan fingerprint density at radius 1 is 1.13 bits per heavy atom. The van der Waals surface area contributed by atoms with E-state index in [2.05, 4.69) is 20.4 Å². The van der Waals surface area contributed by atoms with Gasteiger partial charge in [0, 0.05) is 44.4 Å². The summed E-state index contributed by atoms with van der Waals surface area (Å²) in [6, 6.07) is 6.51. The Kier molecular flexibility index (Phi) is 8.19. The van der Waals surface area contributed by atoms with Gasteiger partial charge in [0.2, 0.25) is 5.88 Å². The number of rotatable bonds is 11. The van der Waals surface area contributed by atoms with Crippen molar-refractivity contribution in [2.24, 2.45) is 13.0 Å². The summed E-state index contributed by atoms with van der Waals surface area (Å²) in [6.45, 7) is 5.11. The van der Waals surface area contributed by atoms with Gasteiger partial charge in [-0.25, -0.2) is 9.97 Å². The molecule has 0 saturated heterocycles. The Balaban J connectivity index is 1.51. The molecule has 38 heavy (non-hydrogen) atoms. The number of benzene rings is 1. The molecule has 4 rings (SSSR count). The van der Waals surface area contributed by atoms with Gasteiger partial charge < -0.3 is 19.5 Å². The average Bonchev–Trinajstić information content (AvgIpc) is 3.60. The highest BCUT2D eigenvalue weighted by Crippen LogP contribution is 2.32. The Labute approximate surface area is 219 Å². The normalized spacial score (nSPS) is 12.7. The molecule has 0 aliphatic heterocycles. The van der Waals surface area contributed by atoms with Crippen LogP contribution in [0, 0.1) is 5.92 Å². The fourth-order valence-corrected chi connectivity index (χ4v) is 3.52. The molecule has 2 amide bonds. The number of hydrogen-bond acceptors (Lipinski definition) is 9. The van der Waals surface area contributed by atoms with Crippen molar-refractivity contribution in [1.82, 2.24) is 19.7 Å². The lowest BCUT2D eigenvalue weighted by molar-refractivity contribution is -0.145. The van der Waals surface area contributed by atoms with Crippen molar-refractivity contribution in [3.05, 3.63) is 48.4 Å². The Morgan fingerprint density at radius 2 is 1.89 bits per heavy atom. The molecule has 1 N–H and O–H groups in total. The molecule has 3 aromatic rings. The van der Waals surface area contributed by atoms with Crippen LogP contribution in [0.15, 0.2) is 42.9 Å². The van der Waals surface area contributed by atoms with E-state index in [1.165, 1.54) is 24.2 Å². The number of aromatic nitrogens is 4. The number of anilines is 2. The molecule has 0 atom stereocenters. The van der Waals surface area contributed by atoms with Crippen LogP contribution < -0.4 is 19.7 Å². The minimum absolute atomic E-state index is 0.127. The van der Waals surface area contributed by atoms with Gasteiger partial charge in [0.05, 0.1) is 18.5 Å². The number of nitrogens with one attached hydrogen (secondary N) is 1. The van der Waals surface area contributed by atoms with Crippen molar-refractivity contribution in [3.63, 3.8) is 0 Å². The van der Waals surface area contributed by atoms with Gasteiger partial charge in [-0.2, -0.15) is 5.10 Å². The van der Waals surface area contributed by atoms with E-state index in [-0.39, 0.29) is 30.4 Å². The largest absolute Gasteiger partial charge is 0.491 e. The molecule has 2 heterocycles. The summed E-state index contributed by atoms with van der Waals surface area (Å²) in [5.41, 5.74) is 0.306. The molecular weight excluding hydrogens is 492 g/mol. The SMILES string of the molecule is CC(=O)OCC(=O)N(CC1CC1)c1cnc(Oc2cc(OC(C)C)cc(C(=O)Nc3ccn(C)n3)c2)cn1. The van der Waals surface area contributed by atoms with E-state index >= 15 is 0 Å². The van der Waals surface area contributed by atoms with Gasteiger partial charge in [-0.1, -0.05) is 0 Å². The van der Waals surface area contributed by atoms with E-state index in [0.29, 0.717) is 41.2 Å². The smallest absolute Gasteiger partial charge is 0.303 e. The summed E-state index contributed by atoms with van der Waals surface area (Å²) in [6.07, 6.45) is 6.46. The van der Waals surface area contributed by atoms with Crippen LogP contribution in [-0.2, 0) is 21.4 Å². The van der Waals surface area contributed by atoms with E-state index < -0.39 is 5.97 Å². The van der Waals surface area contributed by atoms with Crippen LogP contribution in [0.1, 0.15) is 44.0 Å². The zero-order valence-corrected chi connectivity index (χ0v) is 21.7. The first-order chi connectivity index (χ1) is 18.2. The first-order valence-electron chi connectivity index (χ1n) is 12.2. The molecule has 12 heteroatoms. The minimum atomic E-state index is -0.531. The van der Waals surface area contributed by atoms with Gasteiger partial charge in [0.25, 0.3) is 11.8 Å². The summed E-state index contributed by atoms with van der Waals surface area (Å²) in [7, 11) is 1.76. The van der Waals surface area contributed by atoms with Gasteiger partial charge in [-0.15, -0.1) is 0 Å². The number of carbonyl (C=O) groups excluding carboxylic acids is 3. The molecule has 1 saturated carbocycles. The number of esters is 1. The highest BCUT2D eigenvalue weighted by Gasteiger charge is 2.29. The Hall–Kier alpha value is -4.48. The predicted octanol–water partition coefficient (Wildman–Crippen LogP) is 3.35. The second-order valence-electron chi connectivity index (χ2n) is 9.23. The second kappa shape index (κ2) is 11.7. The third-order valence-corrected chi connectivity index (χ3v) is 5.42. The van der Waals surface area contributed by atoms with E-state index in [1.54, 1.807) is 42.2 Å². The fraction of sp³-hybridized carbons (Fsp3) is 0.385. The van der Waals surface area contributed by atoms with Gasteiger partial charge in [0.1, 0.15) is 11.5 Å². The molecule has 1 fully saturated rings. The van der Waals surface area contributed by atoms with E-state index in [4.69, 9.17) is 14.2 Å². The number of hydrogen-bond donors (Lipinski definition) is 1. The van der Waals surface area contributed by atoms with E-state index in [1.807, 2.05) is 13.8 Å². The molecule has 2 aromatic heterocycles. The zero-order valence-electron chi connectivity index (χ0n) is 21.7. The molecule has 12 nitrogen and oxygen atoms in total. The maximum atomic E-state index is 12.9. The quantitative estimate of drug-likeness (QED) is 0.376. The van der Waals surface area contributed by atoms with Crippen LogP contribution in [0.25, 0.3) is 0 Å². The number of carbonyl (C=O) groups is 3. The zero-order chi connectivity index (χ0) is 27.2. The summed E-state index contributed by atoms with van der Waals surface area (Å²) < 4.78 is 18.1. The topological polar surface area (TPSA) is 138 Å². The van der Waals surface area contributed by atoms with Crippen LogP contribution in [0.5, 0.6) is 17.4 Å². The predicted molar refractivity (Wildman–Crippen MR) is 137 cm³/mol. The fourth-order valence-electron chi connectivity index (χ4n) is 3.52. The van der Waals surface area contributed by atoms with E-state index in [0.717, 1.165) is 12.8 Å². The standard InChI is InChI=1S/C26H30N6O6/c1-16(2)37-20-9-19(26(35)29-22-7-8-31(4)30-22)10-21(11-20)38-24-13-27-23(12-28-24)32(14-18-5-6-18)25(34)15-36-17(3)33/h7-13,16,18H,5-6,14-15H2,1-4H3,(H,29,30,35). The summed E-state index contributed by atoms with van der Waals surface area (Å²) in [5, 5.41) is 6.91. The van der Waals surface area contributed by atoms with Crippen LogP contribution in [-0.4, -0.2) is 56.8 Å². The number of nitrogens with zero attached hydrogens (tertiary/aromatic N) is 5. The summed E-state index contributed by atoms with van der Waals surface area (Å²) in [4.78, 5) is 46.7. The van der Waals surface area contributed by atoms with Gasteiger partial charge in [-0.3, -0.25) is 24.0 Å². The summed E-state index contributed by atoms with van der Waals surface area (Å²) >= 11 is 0. The first-order valence-corrected chi connectivity index (χ1v) is 12.2. The highest BCUT2D eigenvalue weighted by atomic mass is 16.5. The van der Waals surface area contributed by atoms with Crippen molar-refractivity contribution in [3.8, 4) is 17.4 Å². The molecular formula is C26H30N6O6. The third kappa shape index (κ3) is 7.51. The first kappa shape index (κ1) is 26.6. The van der Waals surface area contributed by atoms with Crippen molar-refractivity contribution < 1.29 is 28.6 Å². The number of amides is 2. The van der Waals surface area contributed by atoms with Gasteiger partial charge in [-0.05, 0) is 44.7 Å². The van der Waals surface area contributed by atoms with Crippen molar-refractivity contribution in [2.75, 3.05) is 23.4 Å². The molecule has 0 radical (unpaired) electrons. The molecule has 0 unspecified atom stereocenters. The minimum Gasteiger partial charge on any atom is -0.491 e. The molecule has 1 aliphatic carbocycles. The van der Waals surface area contributed by atoms with Gasteiger partial charge >= 0.3 is 5.97 Å². The van der Waals surface area contributed by atoms with Crippen LogP contribution in [0.4, 0.5) is 11.6 Å². The Bertz CT molecular complexity index is 1300. The average molecular weight is 523 g/mol. The van der Waals surface area contributed by atoms with Crippen molar-refractivity contribution >= 4 is 29.4 Å². The lowest BCUT2D eigenvalue weighted by atomic mass is 10.2. The van der Waals surface area contributed by atoms with Crippen molar-refractivity contribution in [1.29, 1.82) is 0 Å². The van der Waals surface area contributed by atoms with Crippen LogP contribution >= 0.6 is 0 Å². The second-order valence-corrected chi connectivity index (χ2v) is 9.23. The Morgan fingerprint density at radius 3 is 2.50 bits per heavy atom. The molecule has 1 aliphatic rings. The maximum absolute atomic E-state index is 12.9. The molecule has 0 bridgehead atoms. The molecule has 200 valence electrons. The van der Waals surface area contributed by atoms with Gasteiger partial charge in [0.15, 0.2) is 18.2 Å². The monoisotopic (exact) mass is 522 g/mol.